The molecule has 0 radical (unpaired) electrons. The Morgan fingerprint density at radius 3 is 2.74 bits per heavy atom. The Labute approximate surface area is 157 Å². The van der Waals surface area contributed by atoms with Gasteiger partial charge in [0.15, 0.2) is 5.82 Å². The molecule has 1 N–H and O–H groups in total. The number of hydrogen-bond donors (Lipinski definition) is 1. The lowest BCUT2D eigenvalue weighted by atomic mass is 9.72. The number of carbonyl (C=O) groups excluding carboxylic acids is 2. The molecule has 2 atom stereocenters. The van der Waals surface area contributed by atoms with Crippen LogP contribution in [0.4, 0.5) is 0 Å². The van der Waals surface area contributed by atoms with E-state index < -0.39 is 0 Å². The molecule has 0 bridgehead atoms. The van der Waals surface area contributed by atoms with Gasteiger partial charge >= 0.3 is 0 Å². The van der Waals surface area contributed by atoms with E-state index in [2.05, 4.69) is 20.3 Å². The number of nitrogens with one attached hydrogen (secondary N) is 1. The summed E-state index contributed by atoms with van der Waals surface area (Å²) in [4.78, 5) is 33.2. The Morgan fingerprint density at radius 2 is 2.11 bits per heavy atom. The van der Waals surface area contributed by atoms with Crippen molar-refractivity contribution in [3.8, 4) is 0 Å². The lowest BCUT2D eigenvalue weighted by molar-refractivity contribution is -0.128. The quantitative estimate of drug-likeness (QED) is 0.851. The number of rotatable bonds is 3. The molecule has 0 unspecified atom stereocenters. The predicted molar refractivity (Wildman–Crippen MR) is 97.0 cm³/mol. The van der Waals surface area contributed by atoms with Crippen molar-refractivity contribution in [2.24, 2.45) is 5.92 Å². The third kappa shape index (κ3) is 2.90. The molecule has 4 heterocycles. The van der Waals surface area contributed by atoms with E-state index in [1.54, 1.807) is 17.7 Å². The molecule has 9 heteroatoms. The Morgan fingerprint density at radius 1 is 1.33 bits per heavy atom. The summed E-state index contributed by atoms with van der Waals surface area (Å²) in [7, 11) is 0. The number of hydrogen-bond acceptors (Lipinski definition) is 5. The van der Waals surface area contributed by atoms with Gasteiger partial charge in [0.05, 0.1) is 5.41 Å². The zero-order chi connectivity index (χ0) is 19.2. The summed E-state index contributed by atoms with van der Waals surface area (Å²) >= 11 is 0. The minimum atomic E-state index is -0.296. The second-order valence-corrected chi connectivity index (χ2v) is 7.55. The van der Waals surface area contributed by atoms with Gasteiger partial charge in [-0.1, -0.05) is 0 Å². The van der Waals surface area contributed by atoms with E-state index in [0.717, 1.165) is 24.6 Å². The number of aryl methyl sites for hydroxylation is 2. The highest BCUT2D eigenvalue weighted by Gasteiger charge is 2.54. The Hall–Kier alpha value is -2.71. The molecule has 0 saturated carbocycles. The number of H-pyrrole nitrogens is 1. The maximum atomic E-state index is 12.9. The molecule has 27 heavy (non-hydrogen) atoms. The van der Waals surface area contributed by atoms with Crippen LogP contribution in [0.15, 0.2) is 12.3 Å². The van der Waals surface area contributed by atoms with E-state index in [1.807, 2.05) is 29.8 Å². The summed E-state index contributed by atoms with van der Waals surface area (Å²) in [5.74, 6) is 1.64. The van der Waals surface area contributed by atoms with E-state index in [0.29, 0.717) is 31.9 Å². The molecule has 0 aromatic carbocycles. The molecule has 0 aliphatic carbocycles. The topological polar surface area (TPSA) is 100 Å². The van der Waals surface area contributed by atoms with Crippen LogP contribution in [0.3, 0.4) is 0 Å². The molecule has 144 valence electrons. The molecule has 2 aromatic heterocycles. The van der Waals surface area contributed by atoms with Crippen molar-refractivity contribution in [2.45, 2.75) is 39.2 Å². The number of carbonyl (C=O) groups is 2. The van der Waals surface area contributed by atoms with Crippen molar-refractivity contribution in [1.82, 2.24) is 34.8 Å². The maximum absolute atomic E-state index is 12.9. The predicted octanol–water partition coefficient (Wildman–Crippen LogP) is 0.592. The number of piperidine rings is 1. The van der Waals surface area contributed by atoms with Crippen LogP contribution in [-0.4, -0.2) is 72.8 Å². The Balaban J connectivity index is 1.60. The van der Waals surface area contributed by atoms with E-state index in [4.69, 9.17) is 0 Å². The third-order valence-electron chi connectivity index (χ3n) is 5.92. The van der Waals surface area contributed by atoms with Gasteiger partial charge in [-0.2, -0.15) is 10.2 Å². The van der Waals surface area contributed by atoms with Crippen molar-refractivity contribution in [1.29, 1.82) is 0 Å². The number of aromatic nitrogens is 5. The van der Waals surface area contributed by atoms with E-state index in [1.165, 1.54) is 0 Å². The van der Waals surface area contributed by atoms with Gasteiger partial charge in [0.1, 0.15) is 11.5 Å². The molecule has 2 saturated heterocycles. The van der Waals surface area contributed by atoms with Crippen molar-refractivity contribution in [2.75, 3.05) is 26.2 Å². The Kier molecular flexibility index (Phi) is 4.24. The van der Waals surface area contributed by atoms with Crippen LogP contribution < -0.4 is 0 Å². The minimum absolute atomic E-state index is 0.0515. The molecule has 4 rings (SSSR count). The van der Waals surface area contributed by atoms with E-state index in [-0.39, 0.29) is 23.1 Å². The second kappa shape index (κ2) is 6.47. The van der Waals surface area contributed by atoms with Crippen LogP contribution >= 0.6 is 0 Å². The van der Waals surface area contributed by atoms with Gasteiger partial charge in [-0.3, -0.25) is 19.4 Å². The largest absolute Gasteiger partial charge is 0.342 e. The fourth-order valence-electron chi connectivity index (χ4n) is 4.35. The summed E-state index contributed by atoms with van der Waals surface area (Å²) in [6.07, 6.45) is 2.56. The average molecular weight is 371 g/mol. The minimum Gasteiger partial charge on any atom is -0.342 e. The highest BCUT2D eigenvalue weighted by molar-refractivity contribution is 5.92. The van der Waals surface area contributed by atoms with Gasteiger partial charge in [0.25, 0.3) is 5.91 Å². The smallest absolute Gasteiger partial charge is 0.274 e. The van der Waals surface area contributed by atoms with Gasteiger partial charge in [-0.05, 0) is 26.3 Å². The van der Waals surface area contributed by atoms with E-state index >= 15 is 0 Å². The van der Waals surface area contributed by atoms with Gasteiger partial charge in [0.2, 0.25) is 5.91 Å². The Bertz CT molecular complexity index is 873. The lowest BCUT2D eigenvalue weighted by Crippen LogP contribution is -2.52. The number of nitrogens with zero attached hydrogens (tertiary/aromatic N) is 6. The standard InChI is InChI=1S/C18H25N7O2/c1-4-25-7-5-15(22-25)16(27)23-8-6-18(17-19-12(2)20-21-17)11-24(13(3)26)10-14(18)9-23/h5,7,14H,4,6,8-11H2,1-3H3,(H,19,20,21)/t14-,18-/m1/s1. The molecule has 2 amide bonds. The molecule has 0 spiro atoms. The molecule has 2 aliphatic heterocycles. The third-order valence-corrected chi connectivity index (χ3v) is 5.92. The first-order valence-electron chi connectivity index (χ1n) is 9.40. The van der Waals surface area contributed by atoms with Gasteiger partial charge in [-0.15, -0.1) is 0 Å². The van der Waals surface area contributed by atoms with Crippen LogP contribution in [0.1, 0.15) is 42.4 Å². The van der Waals surface area contributed by atoms with Crippen molar-refractivity contribution in [3.05, 3.63) is 29.6 Å². The summed E-state index contributed by atoms with van der Waals surface area (Å²) in [5, 5.41) is 11.7. The first kappa shape index (κ1) is 17.7. The molecule has 9 nitrogen and oxygen atoms in total. The van der Waals surface area contributed by atoms with Crippen LogP contribution in [0, 0.1) is 12.8 Å². The van der Waals surface area contributed by atoms with Crippen LogP contribution in [0.25, 0.3) is 0 Å². The number of aromatic amines is 1. The van der Waals surface area contributed by atoms with Crippen molar-refractivity contribution < 1.29 is 9.59 Å². The second-order valence-electron chi connectivity index (χ2n) is 7.55. The summed E-state index contributed by atoms with van der Waals surface area (Å²) in [6, 6.07) is 1.77. The maximum Gasteiger partial charge on any atom is 0.274 e. The molecule has 2 fully saturated rings. The normalized spacial score (nSPS) is 24.9. The van der Waals surface area contributed by atoms with Crippen LogP contribution in [0.5, 0.6) is 0 Å². The van der Waals surface area contributed by atoms with Crippen LogP contribution in [0.2, 0.25) is 0 Å². The highest BCUT2D eigenvalue weighted by atomic mass is 16.2. The fourth-order valence-corrected chi connectivity index (χ4v) is 4.35. The molecular formula is C18H25N7O2. The highest BCUT2D eigenvalue weighted by Crippen LogP contribution is 2.44. The SMILES string of the molecule is CCn1ccc(C(=O)N2CC[C@@]3(c4n[nH]c(C)n4)CN(C(C)=O)C[C@H]3C2)n1. The monoisotopic (exact) mass is 371 g/mol. The zero-order valence-corrected chi connectivity index (χ0v) is 16.0. The summed E-state index contributed by atoms with van der Waals surface area (Å²) in [6.45, 7) is 8.61. The molecular weight excluding hydrogens is 346 g/mol. The first-order chi connectivity index (χ1) is 12.9. The van der Waals surface area contributed by atoms with Crippen molar-refractivity contribution >= 4 is 11.8 Å². The van der Waals surface area contributed by atoms with Crippen molar-refractivity contribution in [3.63, 3.8) is 0 Å². The van der Waals surface area contributed by atoms with Gasteiger partial charge in [0, 0.05) is 51.8 Å². The summed E-state index contributed by atoms with van der Waals surface area (Å²) in [5.41, 5.74) is 0.176. The number of amides is 2. The van der Waals surface area contributed by atoms with Gasteiger partial charge in [-0.25, -0.2) is 4.98 Å². The number of fused-ring (bicyclic) bond motifs is 1. The van der Waals surface area contributed by atoms with Gasteiger partial charge < -0.3 is 9.80 Å². The molecule has 2 aliphatic rings. The van der Waals surface area contributed by atoms with E-state index in [9.17, 15) is 9.59 Å². The zero-order valence-electron chi connectivity index (χ0n) is 16.0. The average Bonchev–Trinajstić information content (AvgIpc) is 3.38. The first-order valence-corrected chi connectivity index (χ1v) is 9.40. The molecule has 2 aromatic rings. The fraction of sp³-hybridized carbons (Fsp3) is 0.611. The lowest BCUT2D eigenvalue weighted by Gasteiger charge is -2.41. The number of likely N-dealkylation sites (tertiary alicyclic amines) is 2. The van der Waals surface area contributed by atoms with Crippen LogP contribution in [-0.2, 0) is 16.8 Å². The summed E-state index contributed by atoms with van der Waals surface area (Å²) < 4.78 is 1.75.